The first-order valence-electron chi connectivity index (χ1n) is 8.12. The summed E-state index contributed by atoms with van der Waals surface area (Å²) in [6.45, 7) is 5.76. The van der Waals surface area contributed by atoms with Crippen LogP contribution in [0.2, 0.25) is 0 Å². The van der Waals surface area contributed by atoms with Gasteiger partial charge in [-0.25, -0.2) is 4.79 Å². The summed E-state index contributed by atoms with van der Waals surface area (Å²) in [5, 5.41) is 12.5. The molecular weight excluding hydrogens is 334 g/mol. The molecule has 0 fully saturated rings. The predicted molar refractivity (Wildman–Crippen MR) is 91.0 cm³/mol. The van der Waals surface area contributed by atoms with Gasteiger partial charge in [-0.3, -0.25) is 4.18 Å². The number of allylic oxidation sites excluding steroid dienone is 1. The van der Waals surface area contributed by atoms with Crippen molar-refractivity contribution in [2.75, 3.05) is 19.4 Å². The number of hydrogen-bond acceptors (Lipinski definition) is 6. The number of carbonyl (C=O) groups excluding carboxylic acids is 1. The molecule has 1 amide bonds. The number of hydrogen-bond donors (Lipinski definition) is 2. The fourth-order valence-electron chi connectivity index (χ4n) is 2.53. The van der Waals surface area contributed by atoms with Crippen molar-refractivity contribution in [1.82, 2.24) is 5.32 Å². The quantitative estimate of drug-likeness (QED) is 0.571. The maximum atomic E-state index is 11.8. The van der Waals surface area contributed by atoms with Crippen LogP contribution in [0.5, 0.6) is 0 Å². The van der Waals surface area contributed by atoms with Crippen LogP contribution in [0.4, 0.5) is 4.79 Å². The van der Waals surface area contributed by atoms with Gasteiger partial charge in [-0.2, -0.15) is 8.42 Å². The number of alkyl carbamates (subject to hydrolysis) is 1. The molecule has 0 saturated heterocycles. The zero-order chi connectivity index (χ0) is 18.4. The first-order chi connectivity index (χ1) is 11.0. The largest absolute Gasteiger partial charge is 0.444 e. The molecule has 0 saturated carbocycles. The first-order valence-corrected chi connectivity index (χ1v) is 9.94. The number of aliphatic hydroxyl groups is 1. The fourth-order valence-corrected chi connectivity index (χ4v) is 2.95. The molecule has 1 rings (SSSR count). The van der Waals surface area contributed by atoms with Crippen LogP contribution in [0.1, 0.15) is 40.0 Å². The van der Waals surface area contributed by atoms with Crippen molar-refractivity contribution in [2.45, 2.75) is 51.7 Å². The summed E-state index contributed by atoms with van der Waals surface area (Å²) in [5.74, 6) is -0.0859. The average molecular weight is 363 g/mol. The Morgan fingerprint density at radius 2 is 1.96 bits per heavy atom. The van der Waals surface area contributed by atoms with Crippen LogP contribution in [-0.2, 0) is 19.0 Å². The van der Waals surface area contributed by atoms with Crippen LogP contribution in [-0.4, -0.2) is 50.7 Å². The number of carbonyl (C=O) groups is 1. The van der Waals surface area contributed by atoms with Gasteiger partial charge in [-0.1, -0.05) is 12.2 Å². The summed E-state index contributed by atoms with van der Waals surface area (Å²) in [7, 11) is -3.53. The standard InChI is InChI=1S/C16H29NO6S/c1-16(2,3)23-15(19)17-10-12-6-5-7-14(18)9-8-13(12)11-22-24(4,20)21/h5,7,12-14,18H,6,8-11H2,1-4H3,(H,17,19)/b7-5-/t12-,13+,14+/m1/s1. The third-order valence-corrected chi connectivity index (χ3v) is 4.26. The van der Waals surface area contributed by atoms with E-state index in [2.05, 4.69) is 5.32 Å². The van der Waals surface area contributed by atoms with Crippen molar-refractivity contribution in [2.24, 2.45) is 11.8 Å². The molecule has 0 aromatic heterocycles. The maximum Gasteiger partial charge on any atom is 0.407 e. The highest BCUT2D eigenvalue weighted by molar-refractivity contribution is 7.85. The van der Waals surface area contributed by atoms with Crippen LogP contribution >= 0.6 is 0 Å². The lowest BCUT2D eigenvalue weighted by atomic mass is 9.83. The van der Waals surface area contributed by atoms with Gasteiger partial charge in [0.2, 0.25) is 0 Å². The lowest BCUT2D eigenvalue weighted by Gasteiger charge is -2.29. The fraction of sp³-hybridized carbons (Fsp3) is 0.812. The van der Waals surface area contributed by atoms with Crippen molar-refractivity contribution in [3.05, 3.63) is 12.2 Å². The summed E-state index contributed by atoms with van der Waals surface area (Å²) in [5.41, 5.74) is -0.576. The highest BCUT2D eigenvalue weighted by atomic mass is 32.2. The van der Waals surface area contributed by atoms with E-state index < -0.39 is 27.9 Å². The Kier molecular flexibility index (Phi) is 7.69. The molecule has 7 nitrogen and oxygen atoms in total. The first kappa shape index (κ1) is 20.9. The van der Waals surface area contributed by atoms with E-state index in [4.69, 9.17) is 8.92 Å². The molecule has 8 heteroatoms. The Balaban J connectivity index is 2.68. The van der Waals surface area contributed by atoms with Crippen LogP contribution in [0.15, 0.2) is 12.2 Å². The second kappa shape index (κ2) is 8.82. The van der Waals surface area contributed by atoms with Crippen LogP contribution in [0.25, 0.3) is 0 Å². The SMILES string of the molecule is CC(C)(C)OC(=O)NC[C@H]1C/C=C\[C@H](O)CC[C@H]1COS(C)(=O)=O. The summed E-state index contributed by atoms with van der Waals surface area (Å²) < 4.78 is 32.6. The van der Waals surface area contributed by atoms with E-state index in [0.717, 1.165) is 6.26 Å². The zero-order valence-electron chi connectivity index (χ0n) is 14.8. The molecule has 1 aliphatic carbocycles. The third-order valence-electron chi connectivity index (χ3n) is 3.70. The molecule has 0 radical (unpaired) electrons. The highest BCUT2D eigenvalue weighted by Gasteiger charge is 2.26. The van der Waals surface area contributed by atoms with Crippen LogP contribution < -0.4 is 5.32 Å². The monoisotopic (exact) mass is 363 g/mol. The second-order valence-electron chi connectivity index (χ2n) is 7.20. The topological polar surface area (TPSA) is 102 Å². The van der Waals surface area contributed by atoms with Gasteiger partial charge in [-0.05, 0) is 51.9 Å². The molecule has 0 bridgehead atoms. The van der Waals surface area contributed by atoms with Crippen molar-refractivity contribution in [1.29, 1.82) is 0 Å². The normalized spacial score (nSPS) is 27.0. The van der Waals surface area contributed by atoms with E-state index in [-0.39, 0.29) is 18.4 Å². The Hall–Kier alpha value is -1.12. The molecule has 0 aromatic carbocycles. The molecule has 0 aromatic rings. The van der Waals surface area contributed by atoms with E-state index in [1.54, 1.807) is 26.8 Å². The van der Waals surface area contributed by atoms with Gasteiger partial charge in [0.1, 0.15) is 5.60 Å². The van der Waals surface area contributed by atoms with Crippen molar-refractivity contribution < 1.29 is 27.2 Å². The van der Waals surface area contributed by atoms with Gasteiger partial charge in [0.15, 0.2) is 0 Å². The smallest absolute Gasteiger partial charge is 0.407 e. The van der Waals surface area contributed by atoms with Gasteiger partial charge in [0.25, 0.3) is 10.1 Å². The molecule has 0 unspecified atom stereocenters. The predicted octanol–water partition coefficient (Wildman–Crippen LogP) is 1.82. The minimum atomic E-state index is -3.53. The van der Waals surface area contributed by atoms with Gasteiger partial charge in [0, 0.05) is 6.54 Å². The van der Waals surface area contributed by atoms with E-state index in [9.17, 15) is 18.3 Å². The summed E-state index contributed by atoms with van der Waals surface area (Å²) in [6.07, 6.45) is 5.32. The Bertz CT molecular complexity index is 537. The molecule has 0 aliphatic heterocycles. The van der Waals surface area contributed by atoms with Crippen molar-refractivity contribution in [3.63, 3.8) is 0 Å². The minimum Gasteiger partial charge on any atom is -0.444 e. The number of rotatable bonds is 5. The lowest BCUT2D eigenvalue weighted by Crippen LogP contribution is -2.38. The van der Waals surface area contributed by atoms with E-state index in [1.807, 2.05) is 6.08 Å². The zero-order valence-corrected chi connectivity index (χ0v) is 15.6. The number of amides is 1. The van der Waals surface area contributed by atoms with E-state index in [0.29, 0.717) is 25.8 Å². The van der Waals surface area contributed by atoms with Crippen molar-refractivity contribution >= 4 is 16.2 Å². The summed E-state index contributed by atoms with van der Waals surface area (Å²) in [6, 6.07) is 0. The lowest BCUT2D eigenvalue weighted by molar-refractivity contribution is 0.0503. The summed E-state index contributed by atoms with van der Waals surface area (Å²) in [4.78, 5) is 11.8. The molecule has 24 heavy (non-hydrogen) atoms. The molecule has 0 spiro atoms. The molecule has 0 heterocycles. The number of nitrogens with one attached hydrogen (secondary N) is 1. The molecule has 3 atom stereocenters. The van der Waals surface area contributed by atoms with E-state index in [1.165, 1.54) is 0 Å². The average Bonchev–Trinajstić information content (AvgIpc) is 2.37. The van der Waals surface area contributed by atoms with Gasteiger partial charge in [0.05, 0.1) is 19.0 Å². The highest BCUT2D eigenvalue weighted by Crippen LogP contribution is 2.26. The molecule has 1 aliphatic rings. The molecular formula is C16H29NO6S. The van der Waals surface area contributed by atoms with E-state index >= 15 is 0 Å². The summed E-state index contributed by atoms with van der Waals surface area (Å²) >= 11 is 0. The molecule has 2 N–H and O–H groups in total. The Morgan fingerprint density at radius 1 is 1.29 bits per heavy atom. The minimum absolute atomic E-state index is 0.00279. The third kappa shape index (κ3) is 9.24. The van der Waals surface area contributed by atoms with Gasteiger partial charge < -0.3 is 15.2 Å². The van der Waals surface area contributed by atoms with Gasteiger partial charge in [-0.15, -0.1) is 0 Å². The number of ether oxygens (including phenoxy) is 1. The number of aliphatic hydroxyl groups excluding tert-OH is 1. The Morgan fingerprint density at radius 3 is 2.54 bits per heavy atom. The molecule has 140 valence electrons. The second-order valence-corrected chi connectivity index (χ2v) is 8.84. The van der Waals surface area contributed by atoms with Crippen LogP contribution in [0, 0.1) is 11.8 Å². The van der Waals surface area contributed by atoms with Crippen LogP contribution in [0.3, 0.4) is 0 Å². The maximum absolute atomic E-state index is 11.8. The van der Waals surface area contributed by atoms with Gasteiger partial charge >= 0.3 is 6.09 Å². The van der Waals surface area contributed by atoms with Crippen molar-refractivity contribution in [3.8, 4) is 0 Å². The Labute approximate surface area is 144 Å².